The molecule has 0 N–H and O–H groups in total. The summed E-state index contributed by atoms with van der Waals surface area (Å²) in [5, 5.41) is 0. The number of hydrogen-bond acceptors (Lipinski definition) is 4. The van der Waals surface area contributed by atoms with Crippen LogP contribution in [0.5, 0.6) is 5.75 Å². The average Bonchev–Trinajstić information content (AvgIpc) is 2.89. The minimum absolute atomic E-state index is 0.0333. The predicted molar refractivity (Wildman–Crippen MR) is 97.2 cm³/mol. The molecule has 2 aromatic rings. The van der Waals surface area contributed by atoms with Crippen molar-refractivity contribution in [3.63, 3.8) is 0 Å². The molecule has 1 fully saturated rings. The maximum Gasteiger partial charge on any atom is 0.263 e. The van der Waals surface area contributed by atoms with E-state index in [4.69, 9.17) is 4.74 Å². The van der Waals surface area contributed by atoms with Gasteiger partial charge in [0.1, 0.15) is 11.6 Å². The highest BCUT2D eigenvalue weighted by Crippen LogP contribution is 2.15. The summed E-state index contributed by atoms with van der Waals surface area (Å²) in [5.74, 6) is 0.143. The summed E-state index contributed by atoms with van der Waals surface area (Å²) < 4.78 is 18.6. The molecule has 2 heterocycles. The maximum absolute atomic E-state index is 13.0. The molecule has 1 amide bonds. The van der Waals surface area contributed by atoms with E-state index in [1.807, 2.05) is 23.1 Å². The largest absolute Gasteiger partial charge is 0.481 e. The van der Waals surface area contributed by atoms with Crippen molar-refractivity contribution in [1.82, 2.24) is 14.8 Å². The van der Waals surface area contributed by atoms with Crippen LogP contribution in [0.25, 0.3) is 0 Å². The first-order valence-corrected chi connectivity index (χ1v) is 8.95. The molecule has 0 unspecified atom stereocenters. The van der Waals surface area contributed by atoms with E-state index in [2.05, 4.69) is 9.88 Å². The molecule has 138 valence electrons. The topological polar surface area (TPSA) is 45.7 Å². The molecule has 0 radical (unpaired) electrons. The van der Waals surface area contributed by atoms with Gasteiger partial charge in [0.15, 0.2) is 6.10 Å². The molecule has 1 saturated heterocycles. The number of benzene rings is 1. The second kappa shape index (κ2) is 8.76. The van der Waals surface area contributed by atoms with Gasteiger partial charge in [-0.15, -0.1) is 0 Å². The van der Waals surface area contributed by atoms with Gasteiger partial charge in [0.2, 0.25) is 0 Å². The molecule has 0 bridgehead atoms. The summed E-state index contributed by atoms with van der Waals surface area (Å²) >= 11 is 0. The molecule has 6 heteroatoms. The van der Waals surface area contributed by atoms with Gasteiger partial charge in [0.25, 0.3) is 5.91 Å². The highest BCUT2D eigenvalue weighted by atomic mass is 19.1. The summed E-state index contributed by atoms with van der Waals surface area (Å²) in [6, 6.07) is 11.7. The molecule has 1 aromatic heterocycles. The zero-order valence-corrected chi connectivity index (χ0v) is 15.0. The Balaban J connectivity index is 1.52. The fourth-order valence-electron chi connectivity index (χ4n) is 3.09. The van der Waals surface area contributed by atoms with Gasteiger partial charge in [-0.2, -0.15) is 0 Å². The molecule has 5 nitrogen and oxygen atoms in total. The van der Waals surface area contributed by atoms with Crippen molar-refractivity contribution < 1.29 is 13.9 Å². The van der Waals surface area contributed by atoms with Gasteiger partial charge >= 0.3 is 0 Å². The van der Waals surface area contributed by atoms with Crippen LogP contribution in [0.1, 0.15) is 19.0 Å². The van der Waals surface area contributed by atoms with E-state index in [-0.39, 0.29) is 11.7 Å². The SMILES string of the molecule is C[C@H](Oc1ccc(F)cc1)C(=O)N1CCCN(Cc2ccccn2)CC1. The fourth-order valence-corrected chi connectivity index (χ4v) is 3.09. The number of ether oxygens (including phenoxy) is 1. The molecule has 1 atom stereocenters. The standard InChI is InChI=1S/C20H24FN3O2/c1-16(26-19-8-6-17(21)7-9-19)20(25)24-12-4-11-23(13-14-24)15-18-5-2-3-10-22-18/h2-3,5-10,16H,4,11-15H2,1H3/t16-/m0/s1. The lowest BCUT2D eigenvalue weighted by molar-refractivity contribution is -0.137. The summed E-state index contributed by atoms with van der Waals surface area (Å²) in [4.78, 5) is 21.2. The van der Waals surface area contributed by atoms with Crippen molar-refractivity contribution in [3.8, 4) is 5.75 Å². The van der Waals surface area contributed by atoms with Crippen LogP contribution in [0.4, 0.5) is 4.39 Å². The molecule has 1 aliphatic heterocycles. The molecule has 26 heavy (non-hydrogen) atoms. The molecular formula is C20H24FN3O2. The van der Waals surface area contributed by atoms with E-state index in [1.165, 1.54) is 24.3 Å². The highest BCUT2D eigenvalue weighted by molar-refractivity contribution is 5.81. The number of carbonyl (C=O) groups is 1. The van der Waals surface area contributed by atoms with Crippen LogP contribution in [0.15, 0.2) is 48.7 Å². The number of hydrogen-bond donors (Lipinski definition) is 0. The van der Waals surface area contributed by atoms with Gasteiger partial charge in [0, 0.05) is 38.9 Å². The van der Waals surface area contributed by atoms with E-state index in [0.717, 1.165) is 31.7 Å². The lowest BCUT2D eigenvalue weighted by Crippen LogP contribution is -2.42. The second-order valence-corrected chi connectivity index (χ2v) is 6.49. The van der Waals surface area contributed by atoms with Gasteiger partial charge in [-0.3, -0.25) is 14.7 Å². The Hall–Kier alpha value is -2.47. The monoisotopic (exact) mass is 357 g/mol. The first-order valence-electron chi connectivity index (χ1n) is 8.95. The Kier molecular flexibility index (Phi) is 6.17. The number of pyridine rings is 1. The first-order chi connectivity index (χ1) is 12.6. The Morgan fingerprint density at radius 3 is 2.69 bits per heavy atom. The zero-order valence-electron chi connectivity index (χ0n) is 15.0. The van der Waals surface area contributed by atoms with Crippen LogP contribution in [0.2, 0.25) is 0 Å². The number of nitrogens with zero attached hydrogens (tertiary/aromatic N) is 3. The van der Waals surface area contributed by atoms with Crippen LogP contribution in [0, 0.1) is 5.82 Å². The van der Waals surface area contributed by atoms with Gasteiger partial charge in [-0.25, -0.2) is 4.39 Å². The third-order valence-electron chi connectivity index (χ3n) is 4.49. The molecule has 1 aliphatic rings. The molecular weight excluding hydrogens is 333 g/mol. The Labute approximate surface area is 153 Å². The van der Waals surface area contributed by atoms with Crippen LogP contribution in [-0.4, -0.2) is 53.0 Å². The summed E-state index contributed by atoms with van der Waals surface area (Å²) in [6.45, 7) is 5.67. The van der Waals surface area contributed by atoms with E-state index in [0.29, 0.717) is 18.8 Å². The number of amides is 1. The van der Waals surface area contributed by atoms with Gasteiger partial charge in [-0.1, -0.05) is 6.07 Å². The van der Waals surface area contributed by atoms with Crippen LogP contribution < -0.4 is 4.74 Å². The van der Waals surface area contributed by atoms with Crippen LogP contribution >= 0.6 is 0 Å². The van der Waals surface area contributed by atoms with Gasteiger partial charge < -0.3 is 9.64 Å². The van der Waals surface area contributed by atoms with Crippen molar-refractivity contribution in [2.45, 2.75) is 26.0 Å². The van der Waals surface area contributed by atoms with Gasteiger partial charge in [0.05, 0.1) is 5.69 Å². The lowest BCUT2D eigenvalue weighted by atomic mass is 10.3. The van der Waals surface area contributed by atoms with E-state index < -0.39 is 6.10 Å². The quantitative estimate of drug-likeness (QED) is 0.825. The minimum Gasteiger partial charge on any atom is -0.481 e. The number of rotatable bonds is 5. The fraction of sp³-hybridized carbons (Fsp3) is 0.400. The Morgan fingerprint density at radius 2 is 1.96 bits per heavy atom. The van der Waals surface area contributed by atoms with Crippen molar-refractivity contribution in [2.24, 2.45) is 0 Å². The third kappa shape index (κ3) is 5.02. The van der Waals surface area contributed by atoms with Crippen molar-refractivity contribution in [2.75, 3.05) is 26.2 Å². The van der Waals surface area contributed by atoms with E-state index >= 15 is 0 Å². The van der Waals surface area contributed by atoms with Crippen molar-refractivity contribution in [3.05, 3.63) is 60.2 Å². The van der Waals surface area contributed by atoms with Gasteiger partial charge in [-0.05, 0) is 49.7 Å². The smallest absolute Gasteiger partial charge is 0.263 e. The maximum atomic E-state index is 13.0. The van der Waals surface area contributed by atoms with E-state index in [9.17, 15) is 9.18 Å². The molecule has 0 saturated carbocycles. The summed E-state index contributed by atoms with van der Waals surface area (Å²) in [6.07, 6.45) is 2.13. The lowest BCUT2D eigenvalue weighted by Gasteiger charge is -2.25. The van der Waals surface area contributed by atoms with Crippen molar-refractivity contribution >= 4 is 5.91 Å². The Bertz CT molecular complexity index is 709. The second-order valence-electron chi connectivity index (χ2n) is 6.49. The van der Waals surface area contributed by atoms with E-state index in [1.54, 1.807) is 13.1 Å². The molecule has 3 rings (SSSR count). The number of aromatic nitrogens is 1. The highest BCUT2D eigenvalue weighted by Gasteiger charge is 2.24. The average molecular weight is 357 g/mol. The molecule has 0 spiro atoms. The predicted octanol–water partition coefficient (Wildman–Crippen LogP) is 2.72. The third-order valence-corrected chi connectivity index (χ3v) is 4.49. The minimum atomic E-state index is -0.595. The number of carbonyl (C=O) groups excluding carboxylic acids is 1. The van der Waals surface area contributed by atoms with Crippen LogP contribution in [-0.2, 0) is 11.3 Å². The first kappa shape index (κ1) is 18.3. The van der Waals surface area contributed by atoms with Crippen molar-refractivity contribution in [1.29, 1.82) is 0 Å². The molecule has 0 aliphatic carbocycles. The normalized spacial score (nSPS) is 16.8. The number of halogens is 1. The Morgan fingerprint density at radius 1 is 1.15 bits per heavy atom. The zero-order chi connectivity index (χ0) is 18.4. The summed E-state index contributed by atoms with van der Waals surface area (Å²) in [7, 11) is 0. The van der Waals surface area contributed by atoms with Crippen LogP contribution in [0.3, 0.4) is 0 Å². The molecule has 1 aromatic carbocycles. The summed E-state index contributed by atoms with van der Waals surface area (Å²) in [5.41, 5.74) is 1.04.